The number of hydrogen-bond donors (Lipinski definition) is 1. The highest BCUT2D eigenvalue weighted by Gasteiger charge is 2.48. The lowest BCUT2D eigenvalue weighted by molar-refractivity contribution is -0.132. The largest absolute Gasteiger partial charge is 0.507 e. The highest BCUT2D eigenvalue weighted by atomic mass is 32.2. The van der Waals surface area contributed by atoms with Gasteiger partial charge in [-0.2, -0.15) is 0 Å². The number of halogens is 1. The number of thioether (sulfide) groups is 1. The Balaban J connectivity index is 1.38. The Hall–Kier alpha value is -5.00. The molecule has 6 rings (SSSR count). The van der Waals surface area contributed by atoms with E-state index in [4.69, 9.17) is 9.47 Å². The zero-order valence-corrected chi connectivity index (χ0v) is 26.3. The number of nitrogens with zero attached hydrogens (tertiary/aromatic N) is 3. The standard InChI is InChI=1S/C35H28FN3O5S2/c1-2-19-43-25-17-15-22(16-18-25)31(40)29-30(23-10-8-13-27(20-23)44-26-11-4-3-5-12-26)39(33(42)32(29)41)34-37-38-35(46-34)45-21-24-9-6-7-14-28(24)36/h3-18,20,30,40H,2,19,21H2,1H3/b31-29-. The number of rotatable bonds is 11. The zero-order valence-electron chi connectivity index (χ0n) is 24.6. The van der Waals surface area contributed by atoms with Crippen LogP contribution in [0.4, 0.5) is 9.52 Å². The number of ketones is 1. The molecule has 1 saturated heterocycles. The first kappa shape index (κ1) is 31.0. The number of aliphatic hydroxyl groups excluding tert-OH is 1. The van der Waals surface area contributed by atoms with Gasteiger partial charge >= 0.3 is 5.91 Å². The SMILES string of the molecule is CCCOc1ccc(/C(O)=C2/C(=O)C(=O)N(c3nnc(SCc4ccccc4F)s3)C2c2cccc(Oc3ccccc3)c2)cc1. The number of carbonyl (C=O) groups excluding carboxylic acids is 2. The topological polar surface area (TPSA) is 102 Å². The molecule has 1 N–H and O–H groups in total. The molecule has 5 aromatic rings. The molecule has 1 atom stereocenters. The van der Waals surface area contributed by atoms with Gasteiger partial charge in [-0.3, -0.25) is 14.5 Å². The summed E-state index contributed by atoms with van der Waals surface area (Å²) in [6.45, 7) is 2.54. The van der Waals surface area contributed by atoms with Crippen LogP contribution in [0, 0.1) is 5.82 Å². The smallest absolute Gasteiger partial charge is 0.301 e. The van der Waals surface area contributed by atoms with E-state index in [1.807, 2.05) is 37.3 Å². The van der Waals surface area contributed by atoms with Gasteiger partial charge in [0.25, 0.3) is 5.78 Å². The van der Waals surface area contributed by atoms with Crippen LogP contribution in [0.25, 0.3) is 5.76 Å². The molecule has 0 aliphatic carbocycles. The molecule has 232 valence electrons. The average Bonchev–Trinajstić information content (AvgIpc) is 3.65. The number of amides is 1. The Morgan fingerprint density at radius 1 is 0.913 bits per heavy atom. The third-order valence-corrected chi connectivity index (χ3v) is 9.21. The van der Waals surface area contributed by atoms with Crippen molar-refractivity contribution in [2.45, 2.75) is 29.5 Å². The fraction of sp³-hybridized carbons (Fsp3) is 0.143. The highest BCUT2D eigenvalue weighted by Crippen LogP contribution is 2.45. The van der Waals surface area contributed by atoms with Crippen LogP contribution in [-0.4, -0.2) is 33.6 Å². The molecule has 0 radical (unpaired) electrons. The number of benzene rings is 4. The van der Waals surface area contributed by atoms with Crippen LogP contribution >= 0.6 is 23.1 Å². The van der Waals surface area contributed by atoms with Gasteiger partial charge in [0, 0.05) is 11.3 Å². The first-order valence-electron chi connectivity index (χ1n) is 14.5. The van der Waals surface area contributed by atoms with Gasteiger partial charge in [-0.1, -0.05) is 78.6 Å². The number of aromatic nitrogens is 2. The lowest BCUT2D eigenvalue weighted by Crippen LogP contribution is -2.29. The van der Waals surface area contributed by atoms with Crippen LogP contribution in [0.3, 0.4) is 0 Å². The monoisotopic (exact) mass is 653 g/mol. The van der Waals surface area contributed by atoms with Crippen molar-refractivity contribution < 1.29 is 28.6 Å². The van der Waals surface area contributed by atoms with Gasteiger partial charge in [0.1, 0.15) is 28.8 Å². The van der Waals surface area contributed by atoms with Crippen LogP contribution in [0.1, 0.15) is 36.1 Å². The van der Waals surface area contributed by atoms with E-state index in [0.717, 1.165) is 17.8 Å². The lowest BCUT2D eigenvalue weighted by atomic mass is 9.95. The van der Waals surface area contributed by atoms with Crippen molar-refractivity contribution in [3.05, 3.63) is 131 Å². The molecule has 2 heterocycles. The summed E-state index contributed by atoms with van der Waals surface area (Å²) in [6.07, 6.45) is 0.840. The molecule has 1 aliphatic heterocycles. The van der Waals surface area contributed by atoms with Crippen LogP contribution in [0.2, 0.25) is 0 Å². The second-order valence-corrected chi connectivity index (χ2v) is 12.4. The van der Waals surface area contributed by atoms with Crippen molar-refractivity contribution in [1.29, 1.82) is 0 Å². The minimum Gasteiger partial charge on any atom is -0.507 e. The van der Waals surface area contributed by atoms with Gasteiger partial charge in [-0.15, -0.1) is 10.2 Å². The maximum Gasteiger partial charge on any atom is 0.301 e. The second-order valence-electron chi connectivity index (χ2n) is 10.3. The second kappa shape index (κ2) is 14.0. The number of Topliss-reactive ketones (excluding diaryl/α,β-unsaturated/α-hetero) is 1. The Labute approximate surface area is 273 Å². The molecule has 4 aromatic carbocycles. The minimum absolute atomic E-state index is 0.0974. The van der Waals surface area contributed by atoms with E-state index in [2.05, 4.69) is 10.2 Å². The summed E-state index contributed by atoms with van der Waals surface area (Å²) in [4.78, 5) is 28.6. The maximum atomic E-state index is 14.2. The molecule has 1 aromatic heterocycles. The summed E-state index contributed by atoms with van der Waals surface area (Å²) in [5, 5.41) is 20.2. The number of aliphatic hydroxyl groups is 1. The fourth-order valence-corrected chi connectivity index (χ4v) is 6.77. The van der Waals surface area contributed by atoms with Crippen molar-refractivity contribution in [2.75, 3.05) is 11.5 Å². The summed E-state index contributed by atoms with van der Waals surface area (Å²) in [5.41, 5.74) is 1.28. The van der Waals surface area contributed by atoms with Crippen molar-refractivity contribution in [3.8, 4) is 17.2 Å². The highest BCUT2D eigenvalue weighted by molar-refractivity contribution is 8.00. The summed E-state index contributed by atoms with van der Waals surface area (Å²) in [5.74, 6) is -0.362. The summed E-state index contributed by atoms with van der Waals surface area (Å²) in [6, 6.07) is 28.3. The van der Waals surface area contributed by atoms with Crippen LogP contribution in [-0.2, 0) is 15.3 Å². The number of carbonyl (C=O) groups is 2. The van der Waals surface area contributed by atoms with Crippen LogP contribution in [0.5, 0.6) is 17.2 Å². The van der Waals surface area contributed by atoms with E-state index in [0.29, 0.717) is 50.6 Å². The van der Waals surface area contributed by atoms with E-state index in [1.54, 1.807) is 66.7 Å². The van der Waals surface area contributed by atoms with Gasteiger partial charge in [-0.05, 0) is 72.1 Å². The minimum atomic E-state index is -1.03. The van der Waals surface area contributed by atoms with E-state index in [9.17, 15) is 19.1 Å². The molecule has 0 spiro atoms. The fourth-order valence-electron chi connectivity index (χ4n) is 4.92. The zero-order chi connectivity index (χ0) is 32.0. The third kappa shape index (κ3) is 6.65. The Morgan fingerprint density at radius 2 is 1.65 bits per heavy atom. The molecule has 8 nitrogen and oxygen atoms in total. The van der Waals surface area contributed by atoms with Gasteiger partial charge < -0.3 is 14.6 Å². The van der Waals surface area contributed by atoms with Crippen molar-refractivity contribution in [2.24, 2.45) is 0 Å². The molecule has 1 fully saturated rings. The Kier molecular flexibility index (Phi) is 9.41. The van der Waals surface area contributed by atoms with Gasteiger partial charge in [0.2, 0.25) is 5.13 Å². The Morgan fingerprint density at radius 3 is 2.41 bits per heavy atom. The van der Waals surface area contributed by atoms with Crippen molar-refractivity contribution in [3.63, 3.8) is 0 Å². The van der Waals surface area contributed by atoms with Crippen LogP contribution < -0.4 is 14.4 Å². The predicted molar refractivity (Wildman–Crippen MR) is 176 cm³/mol. The number of hydrogen-bond acceptors (Lipinski definition) is 9. The summed E-state index contributed by atoms with van der Waals surface area (Å²) < 4.78 is 26.4. The molecule has 0 saturated carbocycles. The van der Waals surface area contributed by atoms with Crippen molar-refractivity contribution >= 4 is 45.7 Å². The molecule has 0 bridgehead atoms. The van der Waals surface area contributed by atoms with Gasteiger partial charge in [-0.25, -0.2) is 4.39 Å². The van der Waals surface area contributed by atoms with Crippen molar-refractivity contribution in [1.82, 2.24) is 10.2 Å². The Bertz CT molecular complexity index is 1900. The molecular weight excluding hydrogens is 626 g/mol. The third-order valence-electron chi connectivity index (χ3n) is 7.11. The molecule has 1 unspecified atom stereocenters. The summed E-state index contributed by atoms with van der Waals surface area (Å²) in [7, 11) is 0. The first-order valence-corrected chi connectivity index (χ1v) is 16.3. The number of para-hydroxylation sites is 1. The van der Waals surface area contributed by atoms with Crippen LogP contribution in [0.15, 0.2) is 113 Å². The average molecular weight is 654 g/mol. The van der Waals surface area contributed by atoms with Gasteiger partial charge in [0.05, 0.1) is 18.2 Å². The van der Waals surface area contributed by atoms with Gasteiger partial charge in [0.15, 0.2) is 4.34 Å². The maximum absolute atomic E-state index is 14.2. The predicted octanol–water partition coefficient (Wildman–Crippen LogP) is 8.18. The molecule has 1 aliphatic rings. The normalized spacial score (nSPS) is 15.7. The van der Waals surface area contributed by atoms with E-state index in [-0.39, 0.29) is 22.3 Å². The first-order chi connectivity index (χ1) is 22.4. The van der Waals surface area contributed by atoms with E-state index < -0.39 is 17.7 Å². The lowest BCUT2D eigenvalue weighted by Gasteiger charge is -2.23. The number of anilines is 1. The summed E-state index contributed by atoms with van der Waals surface area (Å²) >= 11 is 2.37. The molecule has 1 amide bonds. The number of ether oxygens (including phenoxy) is 2. The molecule has 46 heavy (non-hydrogen) atoms. The molecular formula is C35H28FN3O5S2. The van der Waals surface area contributed by atoms with E-state index >= 15 is 0 Å². The van der Waals surface area contributed by atoms with E-state index in [1.165, 1.54) is 22.7 Å². The quantitative estimate of drug-likeness (QED) is 0.0501. The molecule has 11 heteroatoms.